The van der Waals surface area contributed by atoms with E-state index in [1.54, 1.807) is 0 Å². The average molecular weight is 665 g/mol. The van der Waals surface area contributed by atoms with Gasteiger partial charge in [-0.1, -0.05) is 0 Å². The Labute approximate surface area is 247 Å². The largest absolute Gasteiger partial charge is 0.481 e. The number of aromatic nitrogens is 5. The second kappa shape index (κ2) is 14.0. The highest BCUT2D eigenvalue weighted by atomic mass is 31.3. The fraction of sp³-hybridized carbons (Fsp3) is 0.476. The summed E-state index contributed by atoms with van der Waals surface area (Å²) in [6.07, 6.45) is -4.21. The molecule has 8 atom stereocenters. The number of nitrogens with two attached hydrogens (primary N) is 2. The molecule has 0 saturated carbocycles. The fourth-order valence-electron chi connectivity index (χ4n) is 3.96. The second-order valence-electron chi connectivity index (χ2n) is 9.29. The number of phosphoric acid groups is 2. The third-order valence-corrected chi connectivity index (χ3v) is 8.77. The SMILES string of the molecule is NC(=O)c1cncc(CO[C@H](COP(=O)(O)OP(=O)(O)OC[C@H]2O[C@@H](n3cnc4c(N)ncnc43)C(O)C2O)C(O)CO)c1. The van der Waals surface area contributed by atoms with Crippen molar-refractivity contribution in [3.05, 3.63) is 42.2 Å². The molecule has 0 bridgehead atoms. The van der Waals surface area contributed by atoms with E-state index in [0.29, 0.717) is 5.56 Å². The standard InChI is InChI=1S/C21H29N7O14P2/c22-18-15-20(26-8-25-18)28(9-27-15)21-17(32)16(31)14(41-21)7-40-44(36,37)42-43(34,35)39-6-13(12(30)4-29)38-5-10-1-11(19(23)33)3-24-2-10/h1-3,8-9,12-14,16-17,21,29-32H,4-7H2,(H2,23,33)(H,34,35)(H,36,37)(H2,22,25,26)/t12?,13-,14-,16?,17?,21-/m1/s1. The Morgan fingerprint density at radius 1 is 1.11 bits per heavy atom. The topological polar surface area (TPSA) is 327 Å². The molecule has 1 saturated heterocycles. The third kappa shape index (κ3) is 8.17. The number of pyridine rings is 1. The number of aliphatic hydroxyl groups is 4. The molecule has 0 spiro atoms. The number of nitrogens with zero attached hydrogens (tertiary/aromatic N) is 5. The summed E-state index contributed by atoms with van der Waals surface area (Å²) in [5, 5.41) is 40.2. The highest BCUT2D eigenvalue weighted by Gasteiger charge is 2.46. The van der Waals surface area contributed by atoms with Crippen LogP contribution in [0.15, 0.2) is 31.1 Å². The number of hydrogen-bond donors (Lipinski definition) is 8. The Morgan fingerprint density at radius 2 is 1.84 bits per heavy atom. The van der Waals surface area contributed by atoms with Crippen molar-refractivity contribution in [3.8, 4) is 0 Å². The molecule has 23 heteroatoms. The summed E-state index contributed by atoms with van der Waals surface area (Å²) < 4.78 is 50.6. The van der Waals surface area contributed by atoms with Gasteiger partial charge in [0.25, 0.3) is 0 Å². The Morgan fingerprint density at radius 3 is 2.55 bits per heavy atom. The number of nitrogen functional groups attached to an aromatic ring is 1. The van der Waals surface area contributed by atoms with Crippen molar-refractivity contribution in [1.82, 2.24) is 24.5 Å². The minimum Gasteiger partial charge on any atom is -0.394 e. The van der Waals surface area contributed by atoms with Gasteiger partial charge in [0.15, 0.2) is 17.7 Å². The number of anilines is 1. The first-order valence-electron chi connectivity index (χ1n) is 12.5. The Kier molecular flexibility index (Phi) is 10.7. The van der Waals surface area contributed by atoms with Crippen molar-refractivity contribution in [2.45, 2.75) is 43.4 Å². The number of carbonyl (C=O) groups excluding carboxylic acids is 1. The number of primary amides is 1. The van der Waals surface area contributed by atoms with E-state index in [4.69, 9.17) is 25.5 Å². The zero-order chi connectivity index (χ0) is 32.2. The van der Waals surface area contributed by atoms with Crippen LogP contribution in [-0.4, -0.2) is 111 Å². The maximum atomic E-state index is 12.4. The van der Waals surface area contributed by atoms with Crippen LogP contribution in [0.3, 0.4) is 0 Å². The van der Waals surface area contributed by atoms with Crippen LogP contribution in [-0.2, 0) is 38.6 Å². The Balaban J connectivity index is 1.32. The number of amides is 1. The van der Waals surface area contributed by atoms with Crippen LogP contribution in [0, 0.1) is 0 Å². The number of hydrogen-bond acceptors (Lipinski definition) is 17. The predicted molar refractivity (Wildman–Crippen MR) is 143 cm³/mol. The molecule has 242 valence electrons. The Hall–Kier alpha value is -3.01. The molecule has 3 aromatic rings. The summed E-state index contributed by atoms with van der Waals surface area (Å²) in [7, 11) is -10.8. The van der Waals surface area contributed by atoms with Crippen LogP contribution in [0.5, 0.6) is 0 Å². The smallest absolute Gasteiger partial charge is 0.394 e. The lowest BCUT2D eigenvalue weighted by Crippen LogP contribution is -2.35. The van der Waals surface area contributed by atoms with Crippen molar-refractivity contribution < 1.29 is 67.0 Å². The minimum absolute atomic E-state index is 0.0479. The van der Waals surface area contributed by atoms with Crippen LogP contribution in [0.2, 0.25) is 0 Å². The number of carbonyl (C=O) groups is 1. The minimum atomic E-state index is -5.38. The lowest BCUT2D eigenvalue weighted by atomic mass is 10.1. The molecule has 3 aromatic heterocycles. The van der Waals surface area contributed by atoms with Gasteiger partial charge >= 0.3 is 15.6 Å². The van der Waals surface area contributed by atoms with Gasteiger partial charge in [0.2, 0.25) is 5.91 Å². The summed E-state index contributed by atoms with van der Waals surface area (Å²) in [4.78, 5) is 47.0. The van der Waals surface area contributed by atoms with Gasteiger partial charge in [-0.2, -0.15) is 4.31 Å². The number of fused-ring (bicyclic) bond motifs is 1. The van der Waals surface area contributed by atoms with E-state index in [2.05, 4.69) is 28.8 Å². The van der Waals surface area contributed by atoms with Gasteiger partial charge in [0, 0.05) is 12.4 Å². The van der Waals surface area contributed by atoms with Crippen molar-refractivity contribution in [1.29, 1.82) is 0 Å². The van der Waals surface area contributed by atoms with Gasteiger partial charge < -0.3 is 51.2 Å². The lowest BCUT2D eigenvalue weighted by molar-refractivity contribution is -0.0849. The molecule has 4 heterocycles. The van der Waals surface area contributed by atoms with E-state index in [1.807, 2.05) is 0 Å². The molecule has 0 aliphatic carbocycles. The summed E-state index contributed by atoms with van der Waals surface area (Å²) in [5.41, 5.74) is 11.7. The van der Waals surface area contributed by atoms with Crippen LogP contribution in [0.1, 0.15) is 22.1 Å². The lowest BCUT2D eigenvalue weighted by Gasteiger charge is -2.24. The van der Waals surface area contributed by atoms with Crippen molar-refractivity contribution in [2.75, 3.05) is 25.6 Å². The summed E-state index contributed by atoms with van der Waals surface area (Å²) in [5.74, 6) is -0.715. The molecule has 21 nitrogen and oxygen atoms in total. The quantitative estimate of drug-likeness (QED) is 0.0792. The number of phosphoric ester groups is 2. The molecule has 10 N–H and O–H groups in total. The first kappa shape index (κ1) is 33.9. The predicted octanol–water partition coefficient (Wildman–Crippen LogP) is -2.29. The molecule has 1 fully saturated rings. The Bertz CT molecular complexity index is 1560. The monoisotopic (exact) mass is 665 g/mol. The zero-order valence-corrected chi connectivity index (χ0v) is 24.2. The molecule has 5 unspecified atom stereocenters. The molecule has 1 aliphatic heterocycles. The number of ether oxygens (including phenoxy) is 2. The van der Waals surface area contributed by atoms with E-state index >= 15 is 0 Å². The molecule has 44 heavy (non-hydrogen) atoms. The molecule has 4 rings (SSSR count). The van der Waals surface area contributed by atoms with E-state index < -0.39 is 78.1 Å². The van der Waals surface area contributed by atoms with E-state index in [0.717, 1.165) is 6.33 Å². The van der Waals surface area contributed by atoms with E-state index in [9.17, 15) is 44.1 Å². The molecular weight excluding hydrogens is 636 g/mol. The molecule has 1 amide bonds. The number of imidazole rings is 1. The fourth-order valence-corrected chi connectivity index (χ4v) is 6.05. The van der Waals surface area contributed by atoms with Gasteiger partial charge in [-0.15, -0.1) is 0 Å². The average Bonchev–Trinajstić information content (AvgIpc) is 3.52. The maximum absolute atomic E-state index is 12.4. The molecule has 0 aromatic carbocycles. The maximum Gasteiger partial charge on any atom is 0.481 e. The highest BCUT2D eigenvalue weighted by Crippen LogP contribution is 2.60. The second-order valence-corrected chi connectivity index (χ2v) is 12.3. The molecule has 1 aliphatic rings. The van der Waals surface area contributed by atoms with Gasteiger partial charge in [0.1, 0.15) is 42.4 Å². The van der Waals surface area contributed by atoms with Crippen LogP contribution >= 0.6 is 15.6 Å². The van der Waals surface area contributed by atoms with E-state index in [-0.39, 0.29) is 29.2 Å². The van der Waals surface area contributed by atoms with Gasteiger partial charge in [-0.05, 0) is 11.6 Å². The highest BCUT2D eigenvalue weighted by molar-refractivity contribution is 7.61. The summed E-state index contributed by atoms with van der Waals surface area (Å²) in [6.45, 7) is -3.01. The van der Waals surface area contributed by atoms with Crippen LogP contribution in [0.4, 0.5) is 5.82 Å². The van der Waals surface area contributed by atoms with Crippen molar-refractivity contribution >= 4 is 38.5 Å². The summed E-state index contributed by atoms with van der Waals surface area (Å²) in [6, 6.07) is 1.34. The van der Waals surface area contributed by atoms with Gasteiger partial charge in [0.05, 0.1) is 38.3 Å². The number of aliphatic hydroxyl groups excluding tert-OH is 4. The van der Waals surface area contributed by atoms with Crippen LogP contribution in [0.25, 0.3) is 11.2 Å². The van der Waals surface area contributed by atoms with Gasteiger partial charge in [-0.25, -0.2) is 24.1 Å². The first-order valence-corrected chi connectivity index (χ1v) is 15.4. The van der Waals surface area contributed by atoms with E-state index in [1.165, 1.54) is 29.4 Å². The third-order valence-electron chi connectivity index (χ3n) is 6.17. The van der Waals surface area contributed by atoms with Crippen molar-refractivity contribution in [2.24, 2.45) is 5.73 Å². The van der Waals surface area contributed by atoms with Crippen LogP contribution < -0.4 is 11.5 Å². The van der Waals surface area contributed by atoms with Crippen molar-refractivity contribution in [3.63, 3.8) is 0 Å². The number of rotatable bonds is 15. The normalized spacial score (nSPS) is 24.5. The summed E-state index contributed by atoms with van der Waals surface area (Å²) >= 11 is 0. The first-order chi connectivity index (χ1) is 20.7. The molecule has 0 radical (unpaired) electrons. The van der Waals surface area contributed by atoms with Gasteiger partial charge in [-0.3, -0.25) is 23.4 Å². The molecular formula is C21H29N7O14P2. The zero-order valence-electron chi connectivity index (χ0n) is 22.4.